The zero-order chi connectivity index (χ0) is 11.4. The summed E-state index contributed by atoms with van der Waals surface area (Å²) in [5.74, 6) is 3.46. The highest BCUT2D eigenvalue weighted by atomic mass is 19.2. The molecule has 15 heavy (non-hydrogen) atoms. The van der Waals surface area contributed by atoms with Crippen LogP contribution in [0.15, 0.2) is 12.1 Å². The molecule has 0 saturated heterocycles. The summed E-state index contributed by atoms with van der Waals surface area (Å²) in [4.78, 5) is 0. The van der Waals surface area contributed by atoms with Crippen LogP contribution in [0.5, 0.6) is 0 Å². The molecule has 1 aromatic rings. The Bertz CT molecular complexity index is 416. The minimum absolute atomic E-state index is 0.0574. The Hall–Kier alpha value is -1.40. The van der Waals surface area contributed by atoms with Crippen molar-refractivity contribution in [2.24, 2.45) is 5.73 Å². The largest absolute Gasteiger partial charge is 0.318 e. The first-order valence-corrected chi connectivity index (χ1v) is 4.78. The molecule has 0 aliphatic carbocycles. The van der Waals surface area contributed by atoms with Crippen molar-refractivity contribution in [1.29, 1.82) is 0 Å². The Morgan fingerprint density at radius 3 is 2.60 bits per heavy atom. The summed E-state index contributed by atoms with van der Waals surface area (Å²) in [5.41, 5.74) is 5.88. The van der Waals surface area contributed by atoms with E-state index in [1.165, 1.54) is 19.1 Å². The van der Waals surface area contributed by atoms with Crippen molar-refractivity contribution in [3.63, 3.8) is 0 Å². The first-order chi connectivity index (χ1) is 7.06. The summed E-state index contributed by atoms with van der Waals surface area (Å²) >= 11 is 0. The van der Waals surface area contributed by atoms with Crippen molar-refractivity contribution >= 4 is 0 Å². The molecule has 1 nitrogen and oxygen atoms in total. The van der Waals surface area contributed by atoms with E-state index < -0.39 is 11.6 Å². The number of aryl methyl sites for hydroxylation is 1. The summed E-state index contributed by atoms with van der Waals surface area (Å²) in [7, 11) is 0. The zero-order valence-corrected chi connectivity index (χ0v) is 8.77. The van der Waals surface area contributed by atoms with Gasteiger partial charge in [0.05, 0.1) is 11.6 Å². The topological polar surface area (TPSA) is 26.0 Å². The second-order valence-corrected chi connectivity index (χ2v) is 3.34. The number of hydrogen-bond donors (Lipinski definition) is 1. The maximum Gasteiger partial charge on any atom is 0.174 e. The van der Waals surface area contributed by atoms with Crippen LogP contribution in [0.3, 0.4) is 0 Å². The predicted octanol–water partition coefficient (Wildman–Crippen LogP) is 2.36. The molecule has 0 aromatic heterocycles. The number of hydrogen-bond acceptors (Lipinski definition) is 1. The minimum Gasteiger partial charge on any atom is -0.318 e. The van der Waals surface area contributed by atoms with Crippen LogP contribution < -0.4 is 5.73 Å². The van der Waals surface area contributed by atoms with Crippen LogP contribution in [-0.4, -0.2) is 6.04 Å². The number of halogens is 2. The lowest BCUT2D eigenvalue weighted by Gasteiger charge is -2.00. The van der Waals surface area contributed by atoms with E-state index in [4.69, 9.17) is 5.73 Å². The van der Waals surface area contributed by atoms with Gasteiger partial charge in [-0.1, -0.05) is 24.8 Å². The second-order valence-electron chi connectivity index (χ2n) is 3.34. The van der Waals surface area contributed by atoms with E-state index in [0.29, 0.717) is 6.42 Å². The van der Waals surface area contributed by atoms with Gasteiger partial charge in [-0.15, -0.1) is 0 Å². The Morgan fingerprint density at radius 1 is 1.33 bits per heavy atom. The zero-order valence-electron chi connectivity index (χ0n) is 8.77. The van der Waals surface area contributed by atoms with Crippen molar-refractivity contribution in [3.8, 4) is 11.8 Å². The van der Waals surface area contributed by atoms with Crippen molar-refractivity contribution in [3.05, 3.63) is 34.9 Å². The van der Waals surface area contributed by atoms with Crippen LogP contribution in [0.25, 0.3) is 0 Å². The van der Waals surface area contributed by atoms with Crippen molar-refractivity contribution in [2.45, 2.75) is 26.3 Å². The van der Waals surface area contributed by atoms with E-state index in [2.05, 4.69) is 11.8 Å². The summed E-state index contributed by atoms with van der Waals surface area (Å²) < 4.78 is 26.4. The fourth-order valence-electron chi connectivity index (χ4n) is 1.02. The Morgan fingerprint density at radius 2 is 2.00 bits per heavy atom. The molecule has 2 N–H and O–H groups in total. The van der Waals surface area contributed by atoms with E-state index >= 15 is 0 Å². The quantitative estimate of drug-likeness (QED) is 0.706. The van der Waals surface area contributed by atoms with Gasteiger partial charge in [0.2, 0.25) is 0 Å². The SMILES string of the molecule is CCC(N)C#Cc1ccc(C)c(F)c1F. The van der Waals surface area contributed by atoms with E-state index in [0.717, 1.165) is 0 Å². The van der Waals surface area contributed by atoms with E-state index in [-0.39, 0.29) is 17.2 Å². The van der Waals surface area contributed by atoms with Crippen LogP contribution in [0, 0.1) is 30.4 Å². The second kappa shape index (κ2) is 4.90. The molecule has 3 heteroatoms. The fraction of sp³-hybridized carbons (Fsp3) is 0.333. The molecule has 1 atom stereocenters. The number of rotatable bonds is 1. The van der Waals surface area contributed by atoms with Gasteiger partial charge in [-0.05, 0) is 25.0 Å². The van der Waals surface area contributed by atoms with Crippen LogP contribution in [0.4, 0.5) is 8.78 Å². The smallest absolute Gasteiger partial charge is 0.174 e. The summed E-state index contributed by atoms with van der Waals surface area (Å²) in [5, 5.41) is 0. The molecule has 0 saturated carbocycles. The predicted molar refractivity (Wildman–Crippen MR) is 56.2 cm³/mol. The van der Waals surface area contributed by atoms with Gasteiger partial charge in [0.25, 0.3) is 0 Å². The normalized spacial score (nSPS) is 11.8. The number of benzene rings is 1. The highest BCUT2D eigenvalue weighted by molar-refractivity contribution is 5.39. The summed E-state index contributed by atoms with van der Waals surface area (Å²) in [6.07, 6.45) is 0.683. The van der Waals surface area contributed by atoms with Crippen molar-refractivity contribution in [2.75, 3.05) is 0 Å². The third-order valence-electron chi connectivity index (χ3n) is 2.11. The maximum absolute atomic E-state index is 13.3. The average molecular weight is 209 g/mol. The fourth-order valence-corrected chi connectivity index (χ4v) is 1.02. The van der Waals surface area contributed by atoms with Gasteiger partial charge in [0.1, 0.15) is 0 Å². The Balaban J connectivity index is 3.05. The summed E-state index contributed by atoms with van der Waals surface area (Å²) in [6.45, 7) is 3.39. The lowest BCUT2D eigenvalue weighted by atomic mass is 10.1. The first-order valence-electron chi connectivity index (χ1n) is 4.78. The lowest BCUT2D eigenvalue weighted by Crippen LogP contribution is -2.15. The molecular formula is C12H13F2N. The molecule has 0 aliphatic rings. The third-order valence-corrected chi connectivity index (χ3v) is 2.11. The average Bonchev–Trinajstić information content (AvgIpc) is 2.24. The minimum atomic E-state index is -0.897. The highest BCUT2D eigenvalue weighted by Gasteiger charge is 2.08. The molecule has 0 spiro atoms. The Labute approximate surface area is 88.3 Å². The van der Waals surface area contributed by atoms with Gasteiger partial charge in [-0.2, -0.15) is 0 Å². The van der Waals surface area contributed by atoms with Gasteiger partial charge >= 0.3 is 0 Å². The van der Waals surface area contributed by atoms with Crippen LogP contribution in [-0.2, 0) is 0 Å². The van der Waals surface area contributed by atoms with Gasteiger partial charge in [-0.3, -0.25) is 0 Å². The molecule has 1 rings (SSSR count). The molecule has 0 fully saturated rings. The first kappa shape index (κ1) is 11.7. The molecule has 0 amide bonds. The van der Waals surface area contributed by atoms with Gasteiger partial charge in [0.15, 0.2) is 11.6 Å². The Kier molecular flexibility index (Phi) is 3.81. The summed E-state index contributed by atoms with van der Waals surface area (Å²) in [6, 6.07) is 2.66. The van der Waals surface area contributed by atoms with E-state index in [9.17, 15) is 8.78 Å². The van der Waals surface area contributed by atoms with E-state index in [1.54, 1.807) is 0 Å². The third kappa shape index (κ3) is 2.77. The van der Waals surface area contributed by atoms with Gasteiger partial charge < -0.3 is 5.73 Å². The standard InChI is InChI=1S/C12H13F2N/c1-3-10(15)7-6-9-5-4-8(2)11(13)12(9)14/h4-5,10H,3,15H2,1-2H3. The molecule has 1 unspecified atom stereocenters. The van der Waals surface area contributed by atoms with Gasteiger partial charge in [0, 0.05) is 0 Å². The van der Waals surface area contributed by atoms with Crippen molar-refractivity contribution in [1.82, 2.24) is 0 Å². The van der Waals surface area contributed by atoms with Crippen LogP contribution >= 0.6 is 0 Å². The molecular weight excluding hydrogens is 196 g/mol. The maximum atomic E-state index is 13.3. The molecule has 0 bridgehead atoms. The number of nitrogens with two attached hydrogens (primary N) is 1. The molecule has 1 aromatic carbocycles. The molecule has 0 aliphatic heterocycles. The van der Waals surface area contributed by atoms with Crippen LogP contribution in [0.2, 0.25) is 0 Å². The molecule has 0 heterocycles. The van der Waals surface area contributed by atoms with Crippen LogP contribution in [0.1, 0.15) is 24.5 Å². The molecule has 0 radical (unpaired) electrons. The lowest BCUT2D eigenvalue weighted by molar-refractivity contribution is 0.501. The molecule has 80 valence electrons. The van der Waals surface area contributed by atoms with Crippen molar-refractivity contribution < 1.29 is 8.78 Å². The highest BCUT2D eigenvalue weighted by Crippen LogP contribution is 2.14. The monoisotopic (exact) mass is 209 g/mol. The van der Waals surface area contributed by atoms with E-state index in [1.807, 2.05) is 6.92 Å². The van der Waals surface area contributed by atoms with Gasteiger partial charge in [-0.25, -0.2) is 8.78 Å².